The number of aryl methyl sites for hydroxylation is 2. The zero-order valence-electron chi connectivity index (χ0n) is 12.4. The molecular weight excluding hydrogens is 246 g/mol. The Morgan fingerprint density at radius 1 is 1.35 bits per heavy atom. The van der Waals surface area contributed by atoms with E-state index in [9.17, 15) is 0 Å². The van der Waals surface area contributed by atoms with E-state index in [0.29, 0.717) is 6.04 Å². The van der Waals surface area contributed by atoms with Gasteiger partial charge in [0, 0.05) is 19.0 Å². The van der Waals surface area contributed by atoms with Gasteiger partial charge in [0.25, 0.3) is 0 Å². The SMILES string of the molecule is CCCn1c(CCCC(N)C2CC2)nc2ccccc21. The van der Waals surface area contributed by atoms with Gasteiger partial charge in [-0.1, -0.05) is 19.1 Å². The van der Waals surface area contributed by atoms with Crippen molar-refractivity contribution in [3.63, 3.8) is 0 Å². The van der Waals surface area contributed by atoms with E-state index in [2.05, 4.69) is 35.8 Å². The lowest BCUT2D eigenvalue weighted by molar-refractivity contribution is 0.518. The number of nitrogens with zero attached hydrogens (tertiary/aromatic N) is 2. The Morgan fingerprint density at radius 3 is 2.90 bits per heavy atom. The van der Waals surface area contributed by atoms with Gasteiger partial charge >= 0.3 is 0 Å². The van der Waals surface area contributed by atoms with E-state index in [1.165, 1.54) is 24.2 Å². The third kappa shape index (κ3) is 2.88. The van der Waals surface area contributed by atoms with E-state index in [1.54, 1.807) is 0 Å². The smallest absolute Gasteiger partial charge is 0.109 e. The summed E-state index contributed by atoms with van der Waals surface area (Å²) in [6.07, 6.45) is 7.18. The summed E-state index contributed by atoms with van der Waals surface area (Å²) in [6.45, 7) is 3.28. The standard InChI is InChI=1S/C17H25N3/c1-2-12-20-16-8-4-3-7-15(16)19-17(20)9-5-6-14(18)13-10-11-13/h3-4,7-8,13-14H,2,5-6,9-12,18H2,1H3. The predicted octanol–water partition coefficient (Wildman–Crippen LogP) is 3.51. The first-order chi connectivity index (χ1) is 9.79. The maximum Gasteiger partial charge on any atom is 0.109 e. The average Bonchev–Trinajstić information content (AvgIpc) is 3.25. The Morgan fingerprint density at radius 2 is 2.15 bits per heavy atom. The highest BCUT2D eigenvalue weighted by Crippen LogP contribution is 2.33. The lowest BCUT2D eigenvalue weighted by Gasteiger charge is -2.11. The molecule has 1 aromatic carbocycles. The van der Waals surface area contributed by atoms with Crippen molar-refractivity contribution in [3.05, 3.63) is 30.1 Å². The maximum absolute atomic E-state index is 6.19. The third-order valence-electron chi connectivity index (χ3n) is 4.35. The van der Waals surface area contributed by atoms with Gasteiger partial charge in [0.2, 0.25) is 0 Å². The van der Waals surface area contributed by atoms with E-state index in [4.69, 9.17) is 10.7 Å². The highest BCUT2D eigenvalue weighted by molar-refractivity contribution is 5.75. The Kier molecular flexibility index (Phi) is 4.06. The minimum atomic E-state index is 0.416. The molecule has 0 saturated heterocycles. The van der Waals surface area contributed by atoms with Crippen LogP contribution < -0.4 is 5.73 Å². The largest absolute Gasteiger partial charge is 0.328 e. The number of para-hydroxylation sites is 2. The molecule has 0 spiro atoms. The van der Waals surface area contributed by atoms with Gasteiger partial charge in [-0.05, 0) is 50.2 Å². The molecule has 2 aromatic rings. The Bertz CT molecular complexity index is 569. The highest BCUT2D eigenvalue weighted by atomic mass is 15.1. The van der Waals surface area contributed by atoms with Gasteiger partial charge in [0.1, 0.15) is 5.82 Å². The molecule has 2 N–H and O–H groups in total. The van der Waals surface area contributed by atoms with Crippen LogP contribution in [0.4, 0.5) is 0 Å². The van der Waals surface area contributed by atoms with Gasteiger partial charge in [-0.25, -0.2) is 4.98 Å². The van der Waals surface area contributed by atoms with Gasteiger partial charge in [0.05, 0.1) is 11.0 Å². The summed E-state index contributed by atoms with van der Waals surface area (Å²) in [5.74, 6) is 2.04. The molecule has 1 atom stereocenters. The van der Waals surface area contributed by atoms with Crippen molar-refractivity contribution in [2.45, 2.75) is 58.0 Å². The minimum Gasteiger partial charge on any atom is -0.328 e. The average molecular weight is 271 g/mol. The molecule has 1 saturated carbocycles. The van der Waals surface area contributed by atoms with Crippen LogP contribution in [-0.2, 0) is 13.0 Å². The van der Waals surface area contributed by atoms with Crippen LogP contribution in [0, 0.1) is 5.92 Å². The molecule has 0 bridgehead atoms. The fourth-order valence-corrected chi connectivity index (χ4v) is 3.05. The lowest BCUT2D eigenvalue weighted by Crippen LogP contribution is -2.22. The number of nitrogens with two attached hydrogens (primary N) is 1. The number of rotatable bonds is 7. The molecule has 1 aliphatic rings. The first kappa shape index (κ1) is 13.6. The van der Waals surface area contributed by atoms with Crippen molar-refractivity contribution in [1.82, 2.24) is 9.55 Å². The van der Waals surface area contributed by atoms with Crippen LogP contribution in [-0.4, -0.2) is 15.6 Å². The van der Waals surface area contributed by atoms with Crippen LogP contribution in [0.3, 0.4) is 0 Å². The quantitative estimate of drug-likeness (QED) is 0.837. The third-order valence-corrected chi connectivity index (χ3v) is 4.35. The van der Waals surface area contributed by atoms with Crippen molar-refractivity contribution in [2.75, 3.05) is 0 Å². The van der Waals surface area contributed by atoms with Crippen LogP contribution in [0.1, 0.15) is 44.9 Å². The molecule has 0 radical (unpaired) electrons. The lowest BCUT2D eigenvalue weighted by atomic mass is 10.1. The number of fused-ring (bicyclic) bond motifs is 1. The Labute approximate surface area is 121 Å². The van der Waals surface area contributed by atoms with E-state index in [0.717, 1.165) is 43.7 Å². The summed E-state index contributed by atoms with van der Waals surface area (Å²) in [7, 11) is 0. The molecule has 1 fully saturated rings. The van der Waals surface area contributed by atoms with Gasteiger partial charge < -0.3 is 10.3 Å². The zero-order valence-corrected chi connectivity index (χ0v) is 12.4. The van der Waals surface area contributed by atoms with E-state index >= 15 is 0 Å². The summed E-state index contributed by atoms with van der Waals surface area (Å²) in [5.41, 5.74) is 8.59. The van der Waals surface area contributed by atoms with Crippen molar-refractivity contribution in [2.24, 2.45) is 11.7 Å². The Balaban J connectivity index is 1.70. The zero-order chi connectivity index (χ0) is 13.9. The molecule has 3 rings (SSSR count). The second-order valence-electron chi connectivity index (χ2n) is 6.06. The number of imidazole rings is 1. The maximum atomic E-state index is 6.19. The Hall–Kier alpha value is -1.35. The molecular formula is C17H25N3. The molecule has 1 unspecified atom stereocenters. The first-order valence-electron chi connectivity index (χ1n) is 7.99. The van der Waals surface area contributed by atoms with Gasteiger partial charge in [-0.15, -0.1) is 0 Å². The summed E-state index contributed by atoms with van der Waals surface area (Å²) >= 11 is 0. The second kappa shape index (κ2) is 5.96. The normalized spacial score (nSPS) is 16.7. The molecule has 108 valence electrons. The van der Waals surface area contributed by atoms with Crippen LogP contribution >= 0.6 is 0 Å². The second-order valence-corrected chi connectivity index (χ2v) is 6.06. The summed E-state index contributed by atoms with van der Waals surface area (Å²) in [6, 6.07) is 8.87. The van der Waals surface area contributed by atoms with Crippen molar-refractivity contribution < 1.29 is 0 Å². The number of hydrogen-bond acceptors (Lipinski definition) is 2. The van der Waals surface area contributed by atoms with Crippen LogP contribution in [0.25, 0.3) is 11.0 Å². The van der Waals surface area contributed by atoms with Gasteiger partial charge in [0.15, 0.2) is 0 Å². The van der Waals surface area contributed by atoms with Crippen LogP contribution in [0.5, 0.6) is 0 Å². The molecule has 1 aliphatic carbocycles. The number of benzene rings is 1. The fourth-order valence-electron chi connectivity index (χ4n) is 3.05. The molecule has 0 aliphatic heterocycles. The van der Waals surface area contributed by atoms with Gasteiger partial charge in [-0.3, -0.25) is 0 Å². The van der Waals surface area contributed by atoms with E-state index in [1.807, 2.05) is 0 Å². The topological polar surface area (TPSA) is 43.8 Å². The number of aromatic nitrogens is 2. The number of hydrogen-bond donors (Lipinski definition) is 1. The molecule has 1 heterocycles. The highest BCUT2D eigenvalue weighted by Gasteiger charge is 2.27. The molecule has 20 heavy (non-hydrogen) atoms. The van der Waals surface area contributed by atoms with Crippen molar-refractivity contribution in [3.8, 4) is 0 Å². The van der Waals surface area contributed by atoms with E-state index in [-0.39, 0.29) is 0 Å². The summed E-state index contributed by atoms with van der Waals surface area (Å²) in [5, 5.41) is 0. The monoisotopic (exact) mass is 271 g/mol. The molecule has 1 aromatic heterocycles. The van der Waals surface area contributed by atoms with Crippen LogP contribution in [0.15, 0.2) is 24.3 Å². The molecule has 3 heteroatoms. The van der Waals surface area contributed by atoms with Crippen molar-refractivity contribution >= 4 is 11.0 Å². The fraction of sp³-hybridized carbons (Fsp3) is 0.588. The molecule has 3 nitrogen and oxygen atoms in total. The summed E-state index contributed by atoms with van der Waals surface area (Å²) in [4.78, 5) is 4.81. The predicted molar refractivity (Wildman–Crippen MR) is 83.7 cm³/mol. The summed E-state index contributed by atoms with van der Waals surface area (Å²) < 4.78 is 2.39. The van der Waals surface area contributed by atoms with Crippen LogP contribution in [0.2, 0.25) is 0 Å². The van der Waals surface area contributed by atoms with Crippen molar-refractivity contribution in [1.29, 1.82) is 0 Å². The van der Waals surface area contributed by atoms with Gasteiger partial charge in [-0.2, -0.15) is 0 Å². The van der Waals surface area contributed by atoms with E-state index < -0.39 is 0 Å². The first-order valence-corrected chi connectivity index (χ1v) is 7.99. The molecule has 0 amide bonds. The minimum absolute atomic E-state index is 0.416.